The average molecular weight is 348 g/mol. The van der Waals surface area contributed by atoms with Gasteiger partial charge in [-0.3, -0.25) is 4.79 Å². The molecule has 25 heavy (non-hydrogen) atoms. The highest BCUT2D eigenvalue weighted by Crippen LogP contribution is 2.25. The zero-order valence-electron chi connectivity index (χ0n) is 15.1. The van der Waals surface area contributed by atoms with Crippen molar-refractivity contribution in [2.75, 3.05) is 19.7 Å². The van der Waals surface area contributed by atoms with E-state index in [-0.39, 0.29) is 23.5 Å². The Bertz CT molecular complexity index is 724. The fourth-order valence-electron chi connectivity index (χ4n) is 2.58. The summed E-state index contributed by atoms with van der Waals surface area (Å²) in [6, 6.07) is 1.73. The van der Waals surface area contributed by atoms with Crippen molar-refractivity contribution in [3.8, 4) is 0 Å². The van der Waals surface area contributed by atoms with Gasteiger partial charge in [-0.15, -0.1) is 10.2 Å². The smallest absolute Gasteiger partial charge is 0.292 e. The molecule has 8 nitrogen and oxygen atoms in total. The van der Waals surface area contributed by atoms with Crippen molar-refractivity contribution in [2.24, 2.45) is 0 Å². The lowest BCUT2D eigenvalue weighted by Gasteiger charge is -2.30. The third-order valence-corrected chi connectivity index (χ3v) is 4.44. The standard InChI is InChI=1S/C17H24N4O4/c1-5-11(4)12-8-13(25-20-12)17(22)21-6-7-23-14(9-21)16-19-18-15(24-16)10(2)3/h8,10-11,14H,5-7,9H2,1-4H3/t11-,14-/m1/s1. The number of ether oxygens (including phenoxy) is 1. The monoisotopic (exact) mass is 348 g/mol. The highest BCUT2D eigenvalue weighted by Gasteiger charge is 2.31. The van der Waals surface area contributed by atoms with Crippen LogP contribution in [0.4, 0.5) is 0 Å². The lowest BCUT2D eigenvalue weighted by atomic mass is 10.1. The van der Waals surface area contributed by atoms with E-state index in [2.05, 4.69) is 29.2 Å². The van der Waals surface area contributed by atoms with Gasteiger partial charge in [0, 0.05) is 24.4 Å². The van der Waals surface area contributed by atoms with Gasteiger partial charge in [0.2, 0.25) is 17.5 Å². The minimum atomic E-state index is -0.422. The van der Waals surface area contributed by atoms with E-state index >= 15 is 0 Å². The fourth-order valence-corrected chi connectivity index (χ4v) is 2.58. The molecule has 1 aliphatic rings. The number of hydrogen-bond acceptors (Lipinski definition) is 7. The Hall–Kier alpha value is -2.22. The zero-order chi connectivity index (χ0) is 18.0. The van der Waals surface area contributed by atoms with E-state index in [0.717, 1.165) is 12.1 Å². The Labute approximate surface area is 146 Å². The Morgan fingerprint density at radius 3 is 2.84 bits per heavy atom. The van der Waals surface area contributed by atoms with Crippen molar-refractivity contribution in [1.82, 2.24) is 20.3 Å². The van der Waals surface area contributed by atoms with E-state index in [0.29, 0.717) is 31.5 Å². The minimum absolute atomic E-state index is 0.149. The Balaban J connectivity index is 1.70. The second kappa shape index (κ2) is 7.35. The van der Waals surface area contributed by atoms with Crippen LogP contribution in [0.1, 0.15) is 80.1 Å². The Morgan fingerprint density at radius 1 is 1.36 bits per heavy atom. The summed E-state index contributed by atoms with van der Waals surface area (Å²) >= 11 is 0. The van der Waals surface area contributed by atoms with Crippen LogP contribution in [0.3, 0.4) is 0 Å². The summed E-state index contributed by atoms with van der Waals surface area (Å²) in [6.45, 7) is 9.32. The maximum Gasteiger partial charge on any atom is 0.292 e. The maximum absolute atomic E-state index is 12.7. The SMILES string of the molecule is CC[C@@H](C)c1cc(C(=O)N2CCO[C@@H](c3nnc(C(C)C)o3)C2)on1. The zero-order valence-corrected chi connectivity index (χ0v) is 15.1. The number of morpholine rings is 1. The molecule has 2 atom stereocenters. The Kier molecular flexibility index (Phi) is 5.17. The molecule has 1 fully saturated rings. The molecule has 2 aromatic heterocycles. The van der Waals surface area contributed by atoms with Crippen molar-refractivity contribution in [2.45, 2.75) is 52.1 Å². The van der Waals surface area contributed by atoms with Crippen molar-refractivity contribution in [3.05, 3.63) is 29.3 Å². The van der Waals surface area contributed by atoms with Gasteiger partial charge in [-0.2, -0.15) is 0 Å². The van der Waals surface area contributed by atoms with Crippen LogP contribution in [-0.4, -0.2) is 45.9 Å². The van der Waals surface area contributed by atoms with Gasteiger partial charge < -0.3 is 18.6 Å². The summed E-state index contributed by atoms with van der Waals surface area (Å²) in [5.41, 5.74) is 0.800. The number of aromatic nitrogens is 3. The average Bonchev–Trinajstić information content (AvgIpc) is 3.30. The van der Waals surface area contributed by atoms with Crippen LogP contribution >= 0.6 is 0 Å². The van der Waals surface area contributed by atoms with Gasteiger partial charge in [0.25, 0.3) is 5.91 Å². The van der Waals surface area contributed by atoms with Crippen LogP contribution in [-0.2, 0) is 4.74 Å². The molecule has 0 radical (unpaired) electrons. The van der Waals surface area contributed by atoms with E-state index in [1.807, 2.05) is 13.8 Å². The molecule has 8 heteroatoms. The molecule has 0 unspecified atom stereocenters. The fraction of sp³-hybridized carbons (Fsp3) is 0.647. The molecule has 3 heterocycles. The molecule has 0 aromatic carbocycles. The largest absolute Gasteiger partial charge is 0.422 e. The summed E-state index contributed by atoms with van der Waals surface area (Å²) in [5, 5.41) is 12.1. The second-order valence-corrected chi connectivity index (χ2v) is 6.67. The number of nitrogens with zero attached hydrogens (tertiary/aromatic N) is 4. The van der Waals surface area contributed by atoms with Crippen LogP contribution in [0.25, 0.3) is 0 Å². The van der Waals surface area contributed by atoms with Gasteiger partial charge in [0.05, 0.1) is 18.8 Å². The molecule has 0 bridgehead atoms. The highest BCUT2D eigenvalue weighted by atomic mass is 16.5. The van der Waals surface area contributed by atoms with Gasteiger partial charge in [0.15, 0.2) is 6.10 Å². The van der Waals surface area contributed by atoms with E-state index in [1.54, 1.807) is 11.0 Å². The quantitative estimate of drug-likeness (QED) is 0.820. The van der Waals surface area contributed by atoms with Gasteiger partial charge in [-0.25, -0.2) is 0 Å². The molecule has 3 rings (SSSR count). The number of carbonyl (C=O) groups is 1. The lowest BCUT2D eigenvalue weighted by molar-refractivity contribution is -0.0360. The van der Waals surface area contributed by atoms with Crippen molar-refractivity contribution < 1.29 is 18.5 Å². The van der Waals surface area contributed by atoms with Crippen molar-refractivity contribution >= 4 is 5.91 Å². The van der Waals surface area contributed by atoms with Crippen LogP contribution in [0.2, 0.25) is 0 Å². The molecule has 0 spiro atoms. The summed E-state index contributed by atoms with van der Waals surface area (Å²) in [4.78, 5) is 14.4. The number of amides is 1. The van der Waals surface area contributed by atoms with Crippen LogP contribution < -0.4 is 0 Å². The highest BCUT2D eigenvalue weighted by molar-refractivity contribution is 5.91. The molecule has 2 aromatic rings. The molecule has 0 aliphatic carbocycles. The van der Waals surface area contributed by atoms with Crippen LogP contribution in [0.15, 0.2) is 15.0 Å². The normalized spacial score (nSPS) is 19.4. The molecule has 0 saturated carbocycles. The molecular weight excluding hydrogens is 324 g/mol. The summed E-state index contributed by atoms with van der Waals surface area (Å²) < 4.78 is 16.6. The first-order valence-corrected chi connectivity index (χ1v) is 8.70. The molecule has 0 N–H and O–H groups in total. The van der Waals surface area contributed by atoms with Gasteiger partial charge in [-0.05, 0) is 6.42 Å². The van der Waals surface area contributed by atoms with Crippen molar-refractivity contribution in [3.63, 3.8) is 0 Å². The summed E-state index contributed by atoms with van der Waals surface area (Å²) in [7, 11) is 0. The number of rotatable bonds is 5. The van der Waals surface area contributed by atoms with Gasteiger partial charge >= 0.3 is 0 Å². The molecule has 1 aliphatic heterocycles. The minimum Gasteiger partial charge on any atom is -0.422 e. The maximum atomic E-state index is 12.7. The Morgan fingerprint density at radius 2 is 2.16 bits per heavy atom. The molecule has 136 valence electrons. The topological polar surface area (TPSA) is 94.5 Å². The van der Waals surface area contributed by atoms with Crippen LogP contribution in [0.5, 0.6) is 0 Å². The number of hydrogen-bond donors (Lipinski definition) is 0. The number of carbonyl (C=O) groups excluding carboxylic acids is 1. The first-order chi connectivity index (χ1) is 12.0. The first kappa shape index (κ1) is 17.6. The van der Waals surface area contributed by atoms with E-state index in [4.69, 9.17) is 13.7 Å². The van der Waals surface area contributed by atoms with E-state index < -0.39 is 6.10 Å². The van der Waals surface area contributed by atoms with E-state index in [9.17, 15) is 4.79 Å². The van der Waals surface area contributed by atoms with Crippen molar-refractivity contribution in [1.29, 1.82) is 0 Å². The second-order valence-electron chi connectivity index (χ2n) is 6.67. The predicted octanol–water partition coefficient (Wildman–Crippen LogP) is 2.91. The molecule has 1 saturated heterocycles. The lowest BCUT2D eigenvalue weighted by Crippen LogP contribution is -2.42. The van der Waals surface area contributed by atoms with Gasteiger partial charge in [0.1, 0.15) is 0 Å². The molecular formula is C17H24N4O4. The van der Waals surface area contributed by atoms with E-state index in [1.165, 1.54) is 0 Å². The molecule has 1 amide bonds. The predicted molar refractivity (Wildman–Crippen MR) is 88.2 cm³/mol. The first-order valence-electron chi connectivity index (χ1n) is 8.70. The van der Waals surface area contributed by atoms with Gasteiger partial charge in [-0.1, -0.05) is 32.9 Å². The third-order valence-electron chi connectivity index (χ3n) is 4.44. The van der Waals surface area contributed by atoms with Crippen LogP contribution in [0, 0.1) is 0 Å². The summed E-state index contributed by atoms with van der Waals surface area (Å²) in [5.74, 6) is 1.43. The summed E-state index contributed by atoms with van der Waals surface area (Å²) in [6.07, 6.45) is 0.518. The third kappa shape index (κ3) is 3.73.